The molecule has 8 heteroatoms. The maximum atomic E-state index is 12.4. The van der Waals surface area contributed by atoms with Crippen LogP contribution in [0.2, 0.25) is 5.15 Å². The van der Waals surface area contributed by atoms with Gasteiger partial charge in [0.1, 0.15) is 15.8 Å². The van der Waals surface area contributed by atoms with Crippen molar-refractivity contribution in [1.82, 2.24) is 9.36 Å². The third-order valence-corrected chi connectivity index (χ3v) is 6.04. The number of fused-ring (bicyclic) bond motifs is 3. The highest BCUT2D eigenvalue weighted by Gasteiger charge is 2.31. The van der Waals surface area contributed by atoms with E-state index in [-0.39, 0.29) is 5.97 Å². The molecule has 0 saturated heterocycles. The highest BCUT2D eigenvalue weighted by Crippen LogP contribution is 2.50. The van der Waals surface area contributed by atoms with Gasteiger partial charge in [0, 0.05) is 6.20 Å². The molecule has 1 aliphatic rings. The molecule has 3 aromatic rings. The van der Waals surface area contributed by atoms with Crippen molar-refractivity contribution >= 4 is 40.4 Å². The normalized spacial score (nSPS) is 12.4. The van der Waals surface area contributed by atoms with Crippen LogP contribution in [-0.2, 0) is 17.6 Å². The number of esters is 1. The highest BCUT2D eigenvalue weighted by atomic mass is 35.5. The van der Waals surface area contributed by atoms with Crippen LogP contribution in [-0.4, -0.2) is 21.9 Å². The number of ether oxygens (including phenoxy) is 2. The molecular weight excluding hydrogens is 380 g/mol. The van der Waals surface area contributed by atoms with Gasteiger partial charge in [-0.25, -0.2) is 14.2 Å². The Balaban J connectivity index is 1.81. The third kappa shape index (κ3) is 3.03. The van der Waals surface area contributed by atoms with Crippen LogP contribution in [0, 0.1) is 0 Å². The number of aromatic nitrogens is 2. The van der Waals surface area contributed by atoms with Crippen LogP contribution < -0.4 is 4.74 Å². The van der Waals surface area contributed by atoms with E-state index in [4.69, 9.17) is 21.1 Å². The molecule has 25 heavy (non-hydrogen) atoms. The molecule has 4 rings (SSSR count). The minimum Gasteiger partial charge on any atom is -0.462 e. The van der Waals surface area contributed by atoms with Crippen molar-refractivity contribution in [2.24, 2.45) is 0 Å². The molecule has 128 valence electrons. The average molecular weight is 393 g/mol. The molecule has 0 spiro atoms. The molecule has 0 unspecified atom stereocenters. The van der Waals surface area contributed by atoms with E-state index in [1.807, 2.05) is 6.20 Å². The SMILES string of the molecule is CCOC(=O)c1sc(Oc2ccc(Cl)nc2)c2c1CCc1cnsc1-2. The fourth-order valence-corrected chi connectivity index (χ4v) is 4.94. The van der Waals surface area contributed by atoms with Gasteiger partial charge in [0.05, 0.1) is 23.2 Å². The lowest BCUT2D eigenvalue weighted by Crippen LogP contribution is -2.08. The predicted octanol–water partition coefficient (Wildman–Crippen LogP) is 4.99. The summed E-state index contributed by atoms with van der Waals surface area (Å²) in [5.74, 6) is 0.265. The predicted molar refractivity (Wildman–Crippen MR) is 98.1 cm³/mol. The summed E-state index contributed by atoms with van der Waals surface area (Å²) in [6.45, 7) is 2.14. The summed E-state index contributed by atoms with van der Waals surface area (Å²) < 4.78 is 15.5. The fraction of sp³-hybridized carbons (Fsp3) is 0.235. The van der Waals surface area contributed by atoms with Gasteiger partial charge >= 0.3 is 5.97 Å². The van der Waals surface area contributed by atoms with Gasteiger partial charge in [0.2, 0.25) is 0 Å². The maximum Gasteiger partial charge on any atom is 0.348 e. The van der Waals surface area contributed by atoms with Crippen molar-refractivity contribution < 1.29 is 14.3 Å². The Hall–Kier alpha value is -1.96. The smallest absolute Gasteiger partial charge is 0.348 e. The summed E-state index contributed by atoms with van der Waals surface area (Å²) in [6, 6.07) is 3.42. The zero-order chi connectivity index (χ0) is 17.4. The van der Waals surface area contributed by atoms with Crippen molar-refractivity contribution in [2.75, 3.05) is 6.61 Å². The second-order valence-electron chi connectivity index (χ2n) is 5.39. The van der Waals surface area contributed by atoms with Crippen LogP contribution in [0.3, 0.4) is 0 Å². The summed E-state index contributed by atoms with van der Waals surface area (Å²) in [5.41, 5.74) is 3.12. The Bertz CT molecular complexity index is 934. The number of aryl methyl sites for hydroxylation is 1. The Morgan fingerprint density at radius 1 is 1.32 bits per heavy atom. The number of hydrogen-bond acceptors (Lipinski definition) is 7. The minimum atomic E-state index is -0.305. The first-order valence-electron chi connectivity index (χ1n) is 7.73. The summed E-state index contributed by atoms with van der Waals surface area (Å²) >= 11 is 8.56. The van der Waals surface area contributed by atoms with Crippen molar-refractivity contribution in [3.63, 3.8) is 0 Å². The number of thiophene rings is 1. The number of carbonyl (C=O) groups is 1. The summed E-state index contributed by atoms with van der Waals surface area (Å²) in [4.78, 5) is 18.1. The van der Waals surface area contributed by atoms with E-state index in [1.165, 1.54) is 28.4 Å². The van der Waals surface area contributed by atoms with Crippen LogP contribution in [0.1, 0.15) is 27.7 Å². The van der Waals surface area contributed by atoms with E-state index in [0.29, 0.717) is 27.4 Å². The van der Waals surface area contributed by atoms with Gasteiger partial charge < -0.3 is 9.47 Å². The lowest BCUT2D eigenvalue weighted by molar-refractivity contribution is 0.0531. The molecule has 3 heterocycles. The second kappa shape index (κ2) is 6.74. The molecule has 5 nitrogen and oxygen atoms in total. The molecule has 0 aliphatic heterocycles. The van der Waals surface area contributed by atoms with Gasteiger partial charge in [-0.05, 0) is 54.6 Å². The standard InChI is InChI=1S/C17H13ClN2O3S2/c1-2-22-16(21)15-11-5-3-9-7-20-25-14(9)13(11)17(24-15)23-10-4-6-12(18)19-8-10/h4,6-8H,2-3,5H2,1H3. The van der Waals surface area contributed by atoms with E-state index in [0.717, 1.165) is 28.8 Å². The van der Waals surface area contributed by atoms with Crippen LogP contribution >= 0.6 is 34.5 Å². The Morgan fingerprint density at radius 3 is 2.96 bits per heavy atom. The largest absolute Gasteiger partial charge is 0.462 e. The molecule has 0 bridgehead atoms. The van der Waals surface area contributed by atoms with Crippen molar-refractivity contribution in [2.45, 2.75) is 19.8 Å². The van der Waals surface area contributed by atoms with Crippen LogP contribution in [0.25, 0.3) is 10.4 Å². The summed E-state index contributed by atoms with van der Waals surface area (Å²) in [6.07, 6.45) is 5.09. The minimum absolute atomic E-state index is 0.305. The molecule has 0 N–H and O–H groups in total. The molecule has 0 amide bonds. The molecular formula is C17H13ClN2O3S2. The molecule has 0 radical (unpaired) electrons. The van der Waals surface area contributed by atoms with Crippen molar-refractivity contribution in [3.05, 3.63) is 45.7 Å². The zero-order valence-corrected chi connectivity index (χ0v) is 15.6. The van der Waals surface area contributed by atoms with Gasteiger partial charge in [-0.1, -0.05) is 22.9 Å². The van der Waals surface area contributed by atoms with Crippen molar-refractivity contribution in [1.29, 1.82) is 0 Å². The Labute approximate surface area is 157 Å². The van der Waals surface area contributed by atoms with Crippen LogP contribution in [0.15, 0.2) is 24.5 Å². The number of pyridine rings is 1. The number of rotatable bonds is 4. The highest BCUT2D eigenvalue weighted by molar-refractivity contribution is 7.17. The van der Waals surface area contributed by atoms with E-state index >= 15 is 0 Å². The summed E-state index contributed by atoms with van der Waals surface area (Å²) in [7, 11) is 0. The zero-order valence-electron chi connectivity index (χ0n) is 13.2. The fourth-order valence-electron chi connectivity index (χ4n) is 2.78. The van der Waals surface area contributed by atoms with E-state index < -0.39 is 0 Å². The quantitative estimate of drug-likeness (QED) is 0.462. The summed E-state index contributed by atoms with van der Waals surface area (Å²) in [5, 5.41) is 1.06. The van der Waals surface area contributed by atoms with Gasteiger partial charge in [0.25, 0.3) is 0 Å². The molecule has 1 aliphatic carbocycles. The lowest BCUT2D eigenvalue weighted by atomic mass is 9.93. The van der Waals surface area contributed by atoms with Gasteiger partial charge in [-0.3, -0.25) is 0 Å². The van der Waals surface area contributed by atoms with E-state index in [2.05, 4.69) is 9.36 Å². The maximum absolute atomic E-state index is 12.4. The second-order valence-corrected chi connectivity index (χ2v) is 7.56. The van der Waals surface area contributed by atoms with Crippen LogP contribution in [0.4, 0.5) is 0 Å². The monoisotopic (exact) mass is 392 g/mol. The van der Waals surface area contributed by atoms with Gasteiger partial charge in [-0.15, -0.1) is 0 Å². The lowest BCUT2D eigenvalue weighted by Gasteiger charge is -2.14. The van der Waals surface area contributed by atoms with E-state index in [9.17, 15) is 4.79 Å². The van der Waals surface area contributed by atoms with E-state index in [1.54, 1.807) is 25.3 Å². The number of nitrogens with zero attached hydrogens (tertiary/aromatic N) is 2. The first-order valence-corrected chi connectivity index (χ1v) is 9.70. The topological polar surface area (TPSA) is 61.3 Å². The molecule has 3 aromatic heterocycles. The van der Waals surface area contributed by atoms with Gasteiger partial charge in [-0.2, -0.15) is 0 Å². The first-order chi connectivity index (χ1) is 12.2. The van der Waals surface area contributed by atoms with Crippen LogP contribution in [0.5, 0.6) is 10.8 Å². The molecule has 0 atom stereocenters. The average Bonchev–Trinajstić information content (AvgIpc) is 3.21. The number of carbonyl (C=O) groups excluding carboxylic acids is 1. The number of hydrogen-bond donors (Lipinski definition) is 0. The Kier molecular flexibility index (Phi) is 4.45. The molecule has 0 saturated carbocycles. The Morgan fingerprint density at radius 2 is 2.20 bits per heavy atom. The third-order valence-electron chi connectivity index (χ3n) is 3.86. The molecule has 0 fully saturated rings. The molecule has 0 aromatic carbocycles. The van der Waals surface area contributed by atoms with Crippen molar-refractivity contribution in [3.8, 4) is 21.3 Å². The first kappa shape index (κ1) is 16.5. The van der Waals surface area contributed by atoms with Gasteiger partial charge in [0.15, 0.2) is 5.06 Å². The number of halogens is 1.